The summed E-state index contributed by atoms with van der Waals surface area (Å²) in [4.78, 5) is 14.8. The summed E-state index contributed by atoms with van der Waals surface area (Å²) >= 11 is 0. The summed E-state index contributed by atoms with van der Waals surface area (Å²) in [7, 11) is 0. The zero-order chi connectivity index (χ0) is 25.0. The summed E-state index contributed by atoms with van der Waals surface area (Å²) < 4.78 is 17.7. The van der Waals surface area contributed by atoms with Crippen LogP contribution in [0.5, 0.6) is 0 Å². The first-order valence-corrected chi connectivity index (χ1v) is 12.0. The van der Waals surface area contributed by atoms with Gasteiger partial charge < -0.3 is 25.1 Å². The molecule has 0 spiro atoms. The number of benzene rings is 1. The molecule has 1 saturated heterocycles. The first-order valence-electron chi connectivity index (χ1n) is 12.0. The Bertz CT molecular complexity index is 771. The molecule has 0 aromatic heterocycles. The molecule has 2 rings (SSSR count). The molecule has 7 heteroatoms. The van der Waals surface area contributed by atoms with Crippen LogP contribution in [0.3, 0.4) is 0 Å². The average Bonchev–Trinajstić information content (AvgIpc) is 2.70. The van der Waals surface area contributed by atoms with Crippen LogP contribution in [-0.4, -0.2) is 65.4 Å². The Morgan fingerprint density at radius 1 is 1.21 bits per heavy atom. The Morgan fingerprint density at radius 2 is 1.82 bits per heavy atom. The summed E-state index contributed by atoms with van der Waals surface area (Å²) in [6.07, 6.45) is -0.722. The maximum absolute atomic E-state index is 13.2. The lowest BCUT2D eigenvalue weighted by Crippen LogP contribution is -2.65. The normalized spacial score (nSPS) is 23.8. The molecule has 0 saturated carbocycles. The van der Waals surface area contributed by atoms with Gasteiger partial charge in [0.05, 0.1) is 31.4 Å². The molecule has 1 heterocycles. The van der Waals surface area contributed by atoms with Gasteiger partial charge in [0, 0.05) is 6.04 Å². The first-order chi connectivity index (χ1) is 15.2. The molecule has 33 heavy (non-hydrogen) atoms. The molecule has 7 nitrogen and oxygen atoms in total. The Balaban J connectivity index is 2.23. The molecule has 5 atom stereocenters. The van der Waals surface area contributed by atoms with E-state index in [9.17, 15) is 9.90 Å². The molecule has 1 amide bonds. The third kappa shape index (κ3) is 7.95. The van der Waals surface area contributed by atoms with Crippen molar-refractivity contribution in [2.75, 3.05) is 13.2 Å². The summed E-state index contributed by atoms with van der Waals surface area (Å²) in [5.41, 5.74) is 8.06. The fraction of sp³-hybridized carbons (Fsp3) is 0.731. The van der Waals surface area contributed by atoms with Crippen LogP contribution >= 0.6 is 0 Å². The topological polar surface area (TPSA) is 94.3 Å². The van der Waals surface area contributed by atoms with E-state index in [1.165, 1.54) is 5.56 Å². The SMILES string of the molecule is CCc1ccccc1CC(N)C(O)C1COC(OCC(C)(C)C)C(C)N1C(=O)OC(C)(C)C. The molecule has 1 fully saturated rings. The molecule has 1 aliphatic heterocycles. The fourth-order valence-electron chi connectivity index (χ4n) is 4.01. The number of aliphatic hydroxyl groups is 1. The van der Waals surface area contributed by atoms with E-state index < -0.39 is 42.2 Å². The van der Waals surface area contributed by atoms with Gasteiger partial charge in [-0.05, 0) is 57.1 Å². The van der Waals surface area contributed by atoms with Crippen molar-refractivity contribution < 1.29 is 24.1 Å². The van der Waals surface area contributed by atoms with E-state index >= 15 is 0 Å². The van der Waals surface area contributed by atoms with Crippen molar-refractivity contribution >= 4 is 6.09 Å². The Morgan fingerprint density at radius 3 is 2.36 bits per heavy atom. The maximum atomic E-state index is 13.2. The minimum atomic E-state index is -0.992. The van der Waals surface area contributed by atoms with E-state index in [0.717, 1.165) is 12.0 Å². The van der Waals surface area contributed by atoms with Gasteiger partial charge in [0.2, 0.25) is 0 Å². The van der Waals surface area contributed by atoms with Crippen molar-refractivity contribution in [3.8, 4) is 0 Å². The highest BCUT2D eigenvalue weighted by molar-refractivity contribution is 5.69. The average molecular weight is 465 g/mol. The van der Waals surface area contributed by atoms with Gasteiger partial charge in [-0.25, -0.2) is 4.79 Å². The Labute approximate surface area is 199 Å². The lowest BCUT2D eigenvalue weighted by Gasteiger charge is -2.47. The number of carbonyl (C=O) groups excluding carboxylic acids is 1. The number of nitrogens with zero attached hydrogens (tertiary/aromatic N) is 1. The Hall–Kier alpha value is -1.67. The third-order valence-corrected chi connectivity index (χ3v) is 5.69. The number of amides is 1. The number of aliphatic hydroxyl groups excluding tert-OH is 1. The molecular formula is C26H44N2O5. The van der Waals surface area contributed by atoms with E-state index in [1.807, 2.05) is 45.9 Å². The molecule has 1 aromatic rings. The number of nitrogens with two attached hydrogens (primary N) is 1. The summed E-state index contributed by atoms with van der Waals surface area (Å²) in [6, 6.07) is 6.42. The van der Waals surface area contributed by atoms with Gasteiger partial charge in [0.1, 0.15) is 5.60 Å². The van der Waals surface area contributed by atoms with Gasteiger partial charge in [-0.1, -0.05) is 52.0 Å². The quantitative estimate of drug-likeness (QED) is 0.636. The van der Waals surface area contributed by atoms with Gasteiger partial charge in [-0.15, -0.1) is 0 Å². The third-order valence-electron chi connectivity index (χ3n) is 5.69. The summed E-state index contributed by atoms with van der Waals surface area (Å²) in [5.74, 6) is 0. The maximum Gasteiger partial charge on any atom is 0.411 e. The van der Waals surface area contributed by atoms with Crippen molar-refractivity contribution in [3.63, 3.8) is 0 Å². The fourth-order valence-corrected chi connectivity index (χ4v) is 4.01. The number of hydrogen-bond acceptors (Lipinski definition) is 6. The largest absolute Gasteiger partial charge is 0.444 e. The van der Waals surface area contributed by atoms with Crippen molar-refractivity contribution in [2.45, 2.75) is 104 Å². The summed E-state index contributed by atoms with van der Waals surface area (Å²) in [5, 5.41) is 11.3. The predicted molar refractivity (Wildman–Crippen MR) is 130 cm³/mol. The van der Waals surface area contributed by atoms with Gasteiger partial charge in [-0.3, -0.25) is 4.90 Å². The van der Waals surface area contributed by atoms with Gasteiger partial charge in [0.25, 0.3) is 0 Å². The molecule has 1 aromatic carbocycles. The van der Waals surface area contributed by atoms with Gasteiger partial charge in [0.15, 0.2) is 6.29 Å². The first kappa shape index (κ1) is 27.6. The van der Waals surface area contributed by atoms with Crippen LogP contribution in [0, 0.1) is 5.41 Å². The van der Waals surface area contributed by atoms with Crippen molar-refractivity contribution in [2.24, 2.45) is 11.1 Å². The van der Waals surface area contributed by atoms with E-state index in [2.05, 4.69) is 33.8 Å². The van der Waals surface area contributed by atoms with E-state index in [-0.39, 0.29) is 12.0 Å². The van der Waals surface area contributed by atoms with Crippen LogP contribution in [0.2, 0.25) is 0 Å². The van der Waals surface area contributed by atoms with Crippen LogP contribution in [0.15, 0.2) is 24.3 Å². The highest BCUT2D eigenvalue weighted by Crippen LogP contribution is 2.28. The van der Waals surface area contributed by atoms with Gasteiger partial charge in [-0.2, -0.15) is 0 Å². The zero-order valence-corrected chi connectivity index (χ0v) is 21.6. The zero-order valence-electron chi connectivity index (χ0n) is 21.6. The molecule has 188 valence electrons. The predicted octanol–water partition coefficient (Wildman–Crippen LogP) is 3.89. The number of morpholine rings is 1. The second kappa shape index (κ2) is 11.2. The van der Waals surface area contributed by atoms with Crippen LogP contribution in [-0.2, 0) is 27.1 Å². The van der Waals surface area contributed by atoms with E-state index in [0.29, 0.717) is 13.0 Å². The van der Waals surface area contributed by atoms with Crippen LogP contribution in [0.25, 0.3) is 0 Å². The minimum absolute atomic E-state index is 0.0504. The number of hydrogen-bond donors (Lipinski definition) is 2. The number of rotatable bonds is 7. The lowest BCUT2D eigenvalue weighted by molar-refractivity contribution is -0.233. The minimum Gasteiger partial charge on any atom is -0.444 e. The Kier molecular flexibility index (Phi) is 9.33. The van der Waals surface area contributed by atoms with Crippen LogP contribution in [0.1, 0.15) is 66.5 Å². The second-order valence-electron chi connectivity index (χ2n) is 11.2. The molecule has 0 aliphatic carbocycles. The van der Waals surface area contributed by atoms with E-state index in [1.54, 1.807) is 4.90 Å². The molecular weight excluding hydrogens is 420 g/mol. The monoisotopic (exact) mass is 464 g/mol. The summed E-state index contributed by atoms with van der Waals surface area (Å²) in [6.45, 7) is 16.2. The molecule has 0 bridgehead atoms. The number of aryl methyl sites for hydroxylation is 1. The van der Waals surface area contributed by atoms with Crippen LogP contribution < -0.4 is 5.73 Å². The highest BCUT2D eigenvalue weighted by atomic mass is 16.7. The van der Waals surface area contributed by atoms with Gasteiger partial charge >= 0.3 is 6.09 Å². The lowest BCUT2D eigenvalue weighted by atomic mass is 9.92. The smallest absolute Gasteiger partial charge is 0.411 e. The van der Waals surface area contributed by atoms with Crippen molar-refractivity contribution in [1.29, 1.82) is 0 Å². The molecule has 3 N–H and O–H groups in total. The molecule has 1 aliphatic rings. The molecule has 5 unspecified atom stereocenters. The number of carbonyl (C=O) groups is 1. The second-order valence-corrected chi connectivity index (χ2v) is 11.2. The van der Waals surface area contributed by atoms with Crippen molar-refractivity contribution in [1.82, 2.24) is 4.90 Å². The van der Waals surface area contributed by atoms with E-state index in [4.69, 9.17) is 19.9 Å². The van der Waals surface area contributed by atoms with Crippen molar-refractivity contribution in [3.05, 3.63) is 35.4 Å². The highest BCUT2D eigenvalue weighted by Gasteiger charge is 2.45. The van der Waals surface area contributed by atoms with Crippen LogP contribution in [0.4, 0.5) is 4.79 Å². The number of ether oxygens (including phenoxy) is 3. The molecule has 0 radical (unpaired) electrons. The standard InChI is InChI=1S/C26H44N2O5/c1-9-18-12-10-11-13-19(18)14-20(27)22(29)21-15-31-23(32-16-25(3,4)5)17(2)28(21)24(30)33-26(6,7)8/h10-13,17,20-23,29H,9,14-16,27H2,1-8H3.